The predicted molar refractivity (Wildman–Crippen MR) is 65.6 cm³/mol. The second-order valence-corrected chi connectivity index (χ2v) is 4.00. The summed E-state index contributed by atoms with van der Waals surface area (Å²) in [6.07, 6.45) is 3.01. The maximum absolute atomic E-state index is 11.7. The Bertz CT molecular complexity index is 378. The lowest BCUT2D eigenvalue weighted by Crippen LogP contribution is -2.45. The molecule has 1 aromatic heterocycles. The molecule has 4 nitrogen and oxygen atoms in total. The summed E-state index contributed by atoms with van der Waals surface area (Å²) >= 11 is 0. The standard InChI is InChI=1S/C13H20N2O2/c1-4-12-6-5-11(2)15(9-12)10-13(16)14-7-8-17-3/h5-6,9H,4,7-8,10H2,1-3H3/p+1. The summed E-state index contributed by atoms with van der Waals surface area (Å²) in [6.45, 7) is 5.58. The topological polar surface area (TPSA) is 42.2 Å². The average Bonchev–Trinajstić information content (AvgIpc) is 2.32. The van der Waals surface area contributed by atoms with Gasteiger partial charge < -0.3 is 10.1 Å². The number of methoxy groups -OCH3 is 1. The molecule has 0 fully saturated rings. The van der Waals surface area contributed by atoms with Crippen molar-refractivity contribution in [2.45, 2.75) is 26.8 Å². The quantitative estimate of drug-likeness (QED) is 0.582. The summed E-state index contributed by atoms with van der Waals surface area (Å²) in [6, 6.07) is 4.13. The Balaban J connectivity index is 2.57. The van der Waals surface area contributed by atoms with Gasteiger partial charge in [-0.3, -0.25) is 4.79 Å². The second kappa shape index (κ2) is 7.01. The van der Waals surface area contributed by atoms with Gasteiger partial charge in [0.2, 0.25) is 6.54 Å². The predicted octanol–water partition coefficient (Wildman–Crippen LogP) is 0.608. The lowest BCUT2D eigenvalue weighted by Gasteiger charge is -2.04. The van der Waals surface area contributed by atoms with Crippen molar-refractivity contribution in [2.75, 3.05) is 20.3 Å². The molecule has 0 unspecified atom stereocenters. The van der Waals surface area contributed by atoms with Crippen LogP contribution in [-0.4, -0.2) is 26.2 Å². The van der Waals surface area contributed by atoms with E-state index < -0.39 is 0 Å². The van der Waals surface area contributed by atoms with Crippen LogP contribution in [0.25, 0.3) is 0 Å². The maximum atomic E-state index is 11.7. The minimum atomic E-state index is 0.0170. The number of carbonyl (C=O) groups is 1. The van der Waals surface area contributed by atoms with E-state index in [-0.39, 0.29) is 5.91 Å². The highest BCUT2D eigenvalue weighted by atomic mass is 16.5. The summed E-state index contributed by atoms with van der Waals surface area (Å²) in [5.41, 5.74) is 2.32. The van der Waals surface area contributed by atoms with Crippen molar-refractivity contribution < 1.29 is 14.1 Å². The molecule has 0 bridgehead atoms. The molecule has 1 heterocycles. The van der Waals surface area contributed by atoms with Gasteiger partial charge in [-0.15, -0.1) is 0 Å². The molecular formula is C13H21N2O2+. The third-order valence-corrected chi connectivity index (χ3v) is 2.66. The molecule has 1 amide bonds. The summed E-state index contributed by atoms with van der Waals surface area (Å²) in [5, 5.41) is 2.81. The van der Waals surface area contributed by atoms with Crippen LogP contribution in [0.1, 0.15) is 18.2 Å². The number of nitrogens with zero attached hydrogens (tertiary/aromatic N) is 1. The van der Waals surface area contributed by atoms with Crippen molar-refractivity contribution in [3.63, 3.8) is 0 Å². The molecule has 1 aromatic rings. The first-order valence-corrected chi connectivity index (χ1v) is 5.92. The van der Waals surface area contributed by atoms with E-state index in [9.17, 15) is 4.79 Å². The Morgan fingerprint density at radius 2 is 2.24 bits per heavy atom. The molecule has 17 heavy (non-hydrogen) atoms. The SMILES string of the molecule is CCc1ccc(C)[n+](CC(=O)NCCOC)c1. The van der Waals surface area contributed by atoms with E-state index in [2.05, 4.69) is 18.3 Å². The summed E-state index contributed by atoms with van der Waals surface area (Å²) in [4.78, 5) is 11.7. The van der Waals surface area contributed by atoms with Crippen molar-refractivity contribution in [3.05, 3.63) is 29.6 Å². The van der Waals surface area contributed by atoms with Gasteiger partial charge in [-0.2, -0.15) is 4.57 Å². The van der Waals surface area contributed by atoms with Crippen LogP contribution in [0.4, 0.5) is 0 Å². The number of amides is 1. The van der Waals surface area contributed by atoms with Crippen molar-refractivity contribution in [3.8, 4) is 0 Å². The molecular weight excluding hydrogens is 216 g/mol. The number of aromatic nitrogens is 1. The van der Waals surface area contributed by atoms with Gasteiger partial charge in [0.15, 0.2) is 11.9 Å². The third-order valence-electron chi connectivity index (χ3n) is 2.66. The van der Waals surface area contributed by atoms with Gasteiger partial charge in [0.1, 0.15) is 0 Å². The van der Waals surface area contributed by atoms with Gasteiger partial charge in [-0.25, -0.2) is 0 Å². The first-order chi connectivity index (χ1) is 8.17. The Hall–Kier alpha value is -1.42. The number of hydrogen-bond acceptors (Lipinski definition) is 2. The average molecular weight is 237 g/mol. The van der Waals surface area contributed by atoms with Crippen molar-refractivity contribution in [1.29, 1.82) is 0 Å². The van der Waals surface area contributed by atoms with Crippen LogP contribution in [0, 0.1) is 6.92 Å². The minimum absolute atomic E-state index is 0.0170. The molecule has 4 heteroatoms. The third kappa shape index (κ3) is 4.53. The van der Waals surface area contributed by atoms with E-state index in [1.807, 2.05) is 23.8 Å². The first kappa shape index (κ1) is 13.6. The van der Waals surface area contributed by atoms with Gasteiger partial charge in [-0.1, -0.05) is 6.92 Å². The Morgan fingerprint density at radius 3 is 2.88 bits per heavy atom. The minimum Gasteiger partial charge on any atom is -0.383 e. The van der Waals surface area contributed by atoms with Crippen LogP contribution in [0.3, 0.4) is 0 Å². The van der Waals surface area contributed by atoms with E-state index in [1.165, 1.54) is 5.56 Å². The van der Waals surface area contributed by atoms with Gasteiger partial charge >= 0.3 is 0 Å². The number of rotatable bonds is 6. The van der Waals surface area contributed by atoms with E-state index in [0.717, 1.165) is 12.1 Å². The van der Waals surface area contributed by atoms with E-state index in [0.29, 0.717) is 19.7 Å². The highest BCUT2D eigenvalue weighted by molar-refractivity contribution is 5.74. The van der Waals surface area contributed by atoms with Crippen molar-refractivity contribution in [1.82, 2.24) is 5.32 Å². The number of nitrogens with one attached hydrogen (secondary N) is 1. The highest BCUT2D eigenvalue weighted by Crippen LogP contribution is 1.98. The second-order valence-electron chi connectivity index (χ2n) is 4.00. The van der Waals surface area contributed by atoms with Crippen molar-refractivity contribution in [2.24, 2.45) is 0 Å². The Morgan fingerprint density at radius 1 is 1.47 bits per heavy atom. The van der Waals surface area contributed by atoms with Crippen molar-refractivity contribution >= 4 is 5.91 Å². The van der Waals surface area contributed by atoms with Gasteiger partial charge in [0, 0.05) is 32.2 Å². The molecule has 94 valence electrons. The van der Waals surface area contributed by atoms with Gasteiger partial charge in [-0.05, 0) is 12.5 Å². The van der Waals surface area contributed by atoms with Crippen LogP contribution in [0.5, 0.6) is 0 Å². The normalized spacial score (nSPS) is 10.3. The molecule has 0 spiro atoms. The number of carbonyl (C=O) groups excluding carboxylic acids is 1. The van der Waals surface area contributed by atoms with Gasteiger partial charge in [0.05, 0.1) is 6.61 Å². The smallest absolute Gasteiger partial charge is 0.286 e. The van der Waals surface area contributed by atoms with Crippen LogP contribution >= 0.6 is 0 Å². The summed E-state index contributed by atoms with van der Waals surface area (Å²) in [5.74, 6) is 0.0170. The Kier molecular flexibility index (Phi) is 5.63. The molecule has 0 aromatic carbocycles. The van der Waals surface area contributed by atoms with E-state index >= 15 is 0 Å². The Labute approximate surface area is 103 Å². The lowest BCUT2D eigenvalue weighted by atomic mass is 10.2. The summed E-state index contributed by atoms with van der Waals surface area (Å²) in [7, 11) is 1.62. The molecule has 1 N–H and O–H groups in total. The highest BCUT2D eigenvalue weighted by Gasteiger charge is 2.12. The first-order valence-electron chi connectivity index (χ1n) is 5.92. The fraction of sp³-hybridized carbons (Fsp3) is 0.538. The van der Waals surface area contributed by atoms with Crippen LogP contribution in [-0.2, 0) is 22.5 Å². The number of aryl methyl sites for hydroxylation is 2. The molecule has 0 aliphatic carbocycles. The number of hydrogen-bond donors (Lipinski definition) is 1. The van der Waals surface area contributed by atoms with Crippen LogP contribution in [0.15, 0.2) is 18.3 Å². The number of ether oxygens (including phenoxy) is 1. The largest absolute Gasteiger partial charge is 0.383 e. The van der Waals surface area contributed by atoms with Gasteiger partial charge in [0.25, 0.3) is 5.91 Å². The van der Waals surface area contributed by atoms with Crippen LogP contribution in [0.2, 0.25) is 0 Å². The molecule has 0 atom stereocenters. The fourth-order valence-electron chi connectivity index (χ4n) is 1.55. The monoisotopic (exact) mass is 237 g/mol. The zero-order valence-corrected chi connectivity index (χ0v) is 10.8. The maximum Gasteiger partial charge on any atom is 0.286 e. The molecule has 0 aliphatic heterocycles. The molecule has 0 saturated carbocycles. The zero-order chi connectivity index (χ0) is 12.7. The molecule has 0 saturated heterocycles. The molecule has 0 aliphatic rings. The lowest BCUT2D eigenvalue weighted by molar-refractivity contribution is -0.690. The number of pyridine rings is 1. The van der Waals surface area contributed by atoms with E-state index in [4.69, 9.17) is 4.74 Å². The fourth-order valence-corrected chi connectivity index (χ4v) is 1.55. The summed E-state index contributed by atoms with van der Waals surface area (Å²) < 4.78 is 6.85. The molecule has 1 rings (SSSR count). The molecule has 0 radical (unpaired) electrons. The van der Waals surface area contributed by atoms with E-state index in [1.54, 1.807) is 7.11 Å². The zero-order valence-electron chi connectivity index (χ0n) is 10.8. The van der Waals surface area contributed by atoms with Crippen LogP contribution < -0.4 is 9.88 Å².